The van der Waals surface area contributed by atoms with Crippen LogP contribution in [0.2, 0.25) is 0 Å². The van der Waals surface area contributed by atoms with Gasteiger partial charge in [-0.15, -0.1) is 0 Å². The largest absolute Gasteiger partial charge is 0.396 e. The fraction of sp³-hybridized carbons (Fsp3) is 0.609. The Morgan fingerprint density at radius 1 is 1.07 bits per heavy atom. The van der Waals surface area contributed by atoms with Crippen LogP contribution in [0.25, 0.3) is 11.4 Å². The highest BCUT2D eigenvalue weighted by Gasteiger charge is 2.42. The maximum atomic E-state index is 10.5. The van der Waals surface area contributed by atoms with Crippen molar-refractivity contribution >= 4 is 0 Å². The first-order valence-corrected chi connectivity index (χ1v) is 11.0. The SMILES string of the molecule is OCC1C(O)CC(NCC2CCCCC2)C1Cc1ccnc(-c2cccnc2)n1. The van der Waals surface area contributed by atoms with E-state index in [1.54, 1.807) is 18.6 Å². The number of rotatable bonds is 7. The number of hydrogen-bond acceptors (Lipinski definition) is 6. The molecule has 29 heavy (non-hydrogen) atoms. The summed E-state index contributed by atoms with van der Waals surface area (Å²) in [4.78, 5) is 13.3. The lowest BCUT2D eigenvalue weighted by Crippen LogP contribution is -2.39. The lowest BCUT2D eigenvalue weighted by atomic mass is 9.87. The van der Waals surface area contributed by atoms with Crippen molar-refractivity contribution < 1.29 is 10.2 Å². The molecule has 4 atom stereocenters. The minimum atomic E-state index is -0.464. The third-order valence-electron chi connectivity index (χ3n) is 6.74. The second kappa shape index (κ2) is 9.74. The molecule has 0 amide bonds. The summed E-state index contributed by atoms with van der Waals surface area (Å²) in [6, 6.07) is 5.99. The van der Waals surface area contributed by atoms with E-state index in [4.69, 9.17) is 4.98 Å². The summed E-state index contributed by atoms with van der Waals surface area (Å²) in [5.41, 5.74) is 1.84. The molecule has 2 aromatic heterocycles. The number of pyridine rings is 1. The first-order valence-electron chi connectivity index (χ1n) is 11.0. The van der Waals surface area contributed by atoms with Crippen LogP contribution in [0, 0.1) is 17.8 Å². The third kappa shape index (κ3) is 5.00. The molecule has 2 aliphatic carbocycles. The van der Waals surface area contributed by atoms with E-state index in [1.165, 1.54) is 32.1 Å². The minimum Gasteiger partial charge on any atom is -0.396 e. The monoisotopic (exact) mass is 396 g/mol. The van der Waals surface area contributed by atoms with Crippen LogP contribution in [0.4, 0.5) is 0 Å². The Balaban J connectivity index is 1.46. The summed E-state index contributed by atoms with van der Waals surface area (Å²) in [7, 11) is 0. The predicted molar refractivity (Wildman–Crippen MR) is 112 cm³/mol. The van der Waals surface area contributed by atoms with E-state index in [9.17, 15) is 10.2 Å². The minimum absolute atomic E-state index is 0.00792. The fourth-order valence-corrected chi connectivity index (χ4v) is 5.07. The lowest BCUT2D eigenvalue weighted by Gasteiger charge is -2.28. The molecule has 6 nitrogen and oxygen atoms in total. The quantitative estimate of drug-likeness (QED) is 0.666. The van der Waals surface area contributed by atoms with Crippen molar-refractivity contribution in [2.45, 2.75) is 57.1 Å². The molecule has 2 fully saturated rings. The molecular weight excluding hydrogens is 364 g/mol. The summed E-state index contributed by atoms with van der Waals surface area (Å²) in [6.07, 6.45) is 12.9. The Labute approximate surface area is 172 Å². The molecule has 3 N–H and O–H groups in total. The third-order valence-corrected chi connectivity index (χ3v) is 6.74. The number of nitrogens with one attached hydrogen (secondary N) is 1. The summed E-state index contributed by atoms with van der Waals surface area (Å²) < 4.78 is 0. The van der Waals surface area contributed by atoms with Gasteiger partial charge in [-0.1, -0.05) is 19.3 Å². The van der Waals surface area contributed by atoms with Crippen molar-refractivity contribution in [2.75, 3.05) is 13.2 Å². The lowest BCUT2D eigenvalue weighted by molar-refractivity contribution is 0.0716. The summed E-state index contributed by atoms with van der Waals surface area (Å²) in [5, 5.41) is 24.2. The maximum Gasteiger partial charge on any atom is 0.160 e. The molecular formula is C23H32N4O2. The molecule has 0 aliphatic heterocycles. The van der Waals surface area contributed by atoms with Crippen LogP contribution >= 0.6 is 0 Å². The van der Waals surface area contributed by atoms with Gasteiger partial charge in [0.2, 0.25) is 0 Å². The molecule has 4 rings (SSSR count). The molecule has 6 heteroatoms. The predicted octanol–water partition coefficient (Wildman–Crippen LogP) is 2.61. The van der Waals surface area contributed by atoms with Gasteiger partial charge in [-0.25, -0.2) is 9.97 Å². The van der Waals surface area contributed by atoms with Gasteiger partial charge < -0.3 is 15.5 Å². The van der Waals surface area contributed by atoms with Crippen LogP contribution in [-0.4, -0.2) is 50.5 Å². The van der Waals surface area contributed by atoms with Gasteiger partial charge in [-0.3, -0.25) is 4.98 Å². The van der Waals surface area contributed by atoms with Crippen molar-refractivity contribution in [1.82, 2.24) is 20.3 Å². The van der Waals surface area contributed by atoms with Crippen molar-refractivity contribution in [3.63, 3.8) is 0 Å². The van der Waals surface area contributed by atoms with Crippen LogP contribution in [0.1, 0.15) is 44.2 Å². The Morgan fingerprint density at radius 3 is 2.69 bits per heavy atom. The van der Waals surface area contributed by atoms with Crippen molar-refractivity contribution in [1.29, 1.82) is 0 Å². The first-order chi connectivity index (χ1) is 14.2. The zero-order valence-corrected chi connectivity index (χ0v) is 17.0. The van der Waals surface area contributed by atoms with E-state index >= 15 is 0 Å². The van der Waals surface area contributed by atoms with E-state index < -0.39 is 6.10 Å². The normalized spacial score (nSPS) is 27.9. The Bertz CT molecular complexity index is 766. The highest BCUT2D eigenvalue weighted by atomic mass is 16.3. The Kier molecular flexibility index (Phi) is 6.85. The molecule has 0 saturated heterocycles. The number of nitrogens with zero attached hydrogens (tertiary/aromatic N) is 3. The topological polar surface area (TPSA) is 91.2 Å². The van der Waals surface area contributed by atoms with Gasteiger partial charge in [-0.2, -0.15) is 0 Å². The van der Waals surface area contributed by atoms with E-state index in [2.05, 4.69) is 15.3 Å². The summed E-state index contributed by atoms with van der Waals surface area (Å²) in [5.74, 6) is 1.46. The molecule has 2 heterocycles. The molecule has 4 unspecified atom stereocenters. The molecule has 2 aliphatic rings. The molecule has 0 spiro atoms. The number of aliphatic hydroxyl groups is 2. The van der Waals surface area contributed by atoms with Gasteiger partial charge in [0.15, 0.2) is 5.82 Å². The van der Waals surface area contributed by atoms with Crippen molar-refractivity contribution in [2.24, 2.45) is 17.8 Å². The second-order valence-electron chi connectivity index (χ2n) is 8.65. The summed E-state index contributed by atoms with van der Waals surface area (Å²) in [6.45, 7) is 1.02. The van der Waals surface area contributed by atoms with E-state index in [-0.39, 0.29) is 24.5 Å². The van der Waals surface area contributed by atoms with Gasteiger partial charge in [0.25, 0.3) is 0 Å². The number of aliphatic hydroxyl groups excluding tert-OH is 2. The van der Waals surface area contributed by atoms with Crippen molar-refractivity contribution in [3.05, 3.63) is 42.5 Å². The molecule has 2 aromatic rings. The second-order valence-corrected chi connectivity index (χ2v) is 8.65. The first kappa shape index (κ1) is 20.4. The Hall–Kier alpha value is -1.89. The zero-order chi connectivity index (χ0) is 20.1. The average Bonchev–Trinajstić information content (AvgIpc) is 3.07. The van der Waals surface area contributed by atoms with Crippen LogP contribution in [0.3, 0.4) is 0 Å². The van der Waals surface area contributed by atoms with Crippen LogP contribution in [0.5, 0.6) is 0 Å². The smallest absolute Gasteiger partial charge is 0.160 e. The van der Waals surface area contributed by atoms with Crippen LogP contribution in [-0.2, 0) is 6.42 Å². The molecule has 0 aromatic carbocycles. The van der Waals surface area contributed by atoms with Crippen LogP contribution < -0.4 is 5.32 Å². The van der Waals surface area contributed by atoms with Gasteiger partial charge in [-0.05, 0) is 62.3 Å². The highest BCUT2D eigenvalue weighted by Crippen LogP contribution is 2.35. The van der Waals surface area contributed by atoms with Gasteiger partial charge in [0.05, 0.1) is 6.10 Å². The Morgan fingerprint density at radius 2 is 1.93 bits per heavy atom. The highest BCUT2D eigenvalue weighted by molar-refractivity contribution is 5.52. The standard InChI is InChI=1S/C23H32N4O2/c28-15-20-19(21(12-22(20)29)26-13-16-5-2-1-3-6-16)11-18-8-10-25-23(27-18)17-7-4-9-24-14-17/h4,7-10,14,16,19-22,26,28-29H,1-3,5-6,11-13,15H2. The van der Waals surface area contributed by atoms with Gasteiger partial charge in [0.1, 0.15) is 0 Å². The molecule has 2 saturated carbocycles. The van der Waals surface area contributed by atoms with E-state index in [0.29, 0.717) is 12.2 Å². The average molecular weight is 397 g/mol. The van der Waals surface area contributed by atoms with Crippen LogP contribution in [0.15, 0.2) is 36.8 Å². The van der Waals surface area contributed by atoms with E-state index in [0.717, 1.165) is 30.1 Å². The van der Waals surface area contributed by atoms with Gasteiger partial charge in [0, 0.05) is 48.4 Å². The molecule has 0 bridgehead atoms. The van der Waals surface area contributed by atoms with E-state index in [1.807, 2.05) is 18.2 Å². The zero-order valence-electron chi connectivity index (χ0n) is 17.0. The number of aromatic nitrogens is 3. The molecule has 0 radical (unpaired) electrons. The van der Waals surface area contributed by atoms with Gasteiger partial charge >= 0.3 is 0 Å². The number of hydrogen-bond donors (Lipinski definition) is 3. The maximum absolute atomic E-state index is 10.5. The fourth-order valence-electron chi connectivity index (χ4n) is 5.07. The molecule has 156 valence electrons. The van der Waals surface area contributed by atoms with Crippen molar-refractivity contribution in [3.8, 4) is 11.4 Å². The summed E-state index contributed by atoms with van der Waals surface area (Å²) >= 11 is 0.